The molecule has 0 N–H and O–H groups in total. The molecule has 2 aromatic carbocycles. The third kappa shape index (κ3) is 3.40. The van der Waals surface area contributed by atoms with Crippen molar-refractivity contribution in [2.45, 2.75) is 19.4 Å². The third-order valence-electron chi connectivity index (χ3n) is 4.97. The van der Waals surface area contributed by atoms with Crippen LogP contribution in [0.4, 0.5) is 11.4 Å². The van der Waals surface area contributed by atoms with Gasteiger partial charge >= 0.3 is 0 Å². The lowest BCUT2D eigenvalue weighted by Crippen LogP contribution is -2.45. The highest BCUT2D eigenvalue weighted by atomic mass is 32.2. The quantitative estimate of drug-likeness (QED) is 0.784. The van der Waals surface area contributed by atoms with Crippen LogP contribution in [0.1, 0.15) is 12.5 Å². The number of rotatable bonds is 4. The lowest BCUT2D eigenvalue weighted by atomic mass is 10.1. The molecule has 0 saturated carbocycles. The average Bonchev–Trinajstić information content (AvgIpc) is 3.00. The van der Waals surface area contributed by atoms with Gasteiger partial charge in [-0.2, -0.15) is 0 Å². The van der Waals surface area contributed by atoms with Gasteiger partial charge in [0.05, 0.1) is 11.9 Å². The Morgan fingerprint density at radius 2 is 1.86 bits per heavy atom. The SMILES string of the molecule is C[C@H]1Cc2ccccc2N1C(=O)CN(c1ccc2c(c1)OCCO2)S(C)(=O)=O. The van der Waals surface area contributed by atoms with Crippen LogP contribution in [0.25, 0.3) is 0 Å². The van der Waals surface area contributed by atoms with Crippen LogP contribution in [0.15, 0.2) is 42.5 Å². The topological polar surface area (TPSA) is 76.2 Å². The summed E-state index contributed by atoms with van der Waals surface area (Å²) in [6.07, 6.45) is 1.85. The van der Waals surface area contributed by atoms with Crippen molar-refractivity contribution in [3.8, 4) is 11.5 Å². The Hall–Kier alpha value is -2.74. The predicted octanol–water partition coefficient (Wildman–Crippen LogP) is 2.20. The van der Waals surface area contributed by atoms with E-state index in [4.69, 9.17) is 9.47 Å². The number of anilines is 2. The fraction of sp³-hybridized carbons (Fsp3) is 0.350. The van der Waals surface area contributed by atoms with E-state index in [1.807, 2.05) is 31.2 Å². The molecule has 0 aliphatic carbocycles. The van der Waals surface area contributed by atoms with Gasteiger partial charge in [0.15, 0.2) is 11.5 Å². The zero-order valence-corrected chi connectivity index (χ0v) is 16.6. The van der Waals surface area contributed by atoms with Crippen molar-refractivity contribution in [3.63, 3.8) is 0 Å². The molecule has 2 aliphatic heterocycles. The fourth-order valence-electron chi connectivity index (χ4n) is 3.73. The zero-order chi connectivity index (χ0) is 19.9. The highest BCUT2D eigenvalue weighted by molar-refractivity contribution is 7.92. The van der Waals surface area contributed by atoms with E-state index < -0.39 is 10.0 Å². The molecule has 0 saturated heterocycles. The lowest BCUT2D eigenvalue weighted by Gasteiger charge is -2.28. The number of carbonyl (C=O) groups is 1. The number of hydrogen-bond acceptors (Lipinski definition) is 5. The Morgan fingerprint density at radius 3 is 2.61 bits per heavy atom. The van der Waals surface area contributed by atoms with Gasteiger partial charge in [0.1, 0.15) is 19.8 Å². The second-order valence-corrected chi connectivity index (χ2v) is 8.95. The van der Waals surface area contributed by atoms with E-state index in [0.29, 0.717) is 30.4 Å². The number of hydrogen-bond donors (Lipinski definition) is 0. The summed E-state index contributed by atoms with van der Waals surface area (Å²) in [5, 5.41) is 0. The van der Waals surface area contributed by atoms with E-state index >= 15 is 0 Å². The first kappa shape index (κ1) is 18.6. The number of amides is 1. The average molecular weight is 402 g/mol. The number of benzene rings is 2. The van der Waals surface area contributed by atoms with Gasteiger partial charge in [-0.25, -0.2) is 8.42 Å². The molecule has 8 heteroatoms. The summed E-state index contributed by atoms with van der Waals surface area (Å²) in [7, 11) is -3.67. The minimum atomic E-state index is -3.67. The lowest BCUT2D eigenvalue weighted by molar-refractivity contribution is -0.117. The van der Waals surface area contributed by atoms with Crippen LogP contribution in [-0.4, -0.2) is 46.4 Å². The monoisotopic (exact) mass is 402 g/mol. The zero-order valence-electron chi connectivity index (χ0n) is 15.8. The number of ether oxygens (including phenoxy) is 2. The summed E-state index contributed by atoms with van der Waals surface area (Å²) in [5.74, 6) is 0.777. The van der Waals surface area contributed by atoms with Crippen molar-refractivity contribution in [3.05, 3.63) is 48.0 Å². The second kappa shape index (κ2) is 7.01. The number of carbonyl (C=O) groups excluding carboxylic acids is 1. The van der Waals surface area contributed by atoms with Crippen molar-refractivity contribution in [1.82, 2.24) is 0 Å². The first-order valence-electron chi connectivity index (χ1n) is 9.12. The van der Waals surface area contributed by atoms with Crippen LogP contribution < -0.4 is 18.7 Å². The summed E-state index contributed by atoms with van der Waals surface area (Å²) in [6, 6.07) is 12.6. The van der Waals surface area contributed by atoms with Gasteiger partial charge in [-0.3, -0.25) is 9.10 Å². The van der Waals surface area contributed by atoms with Crippen LogP contribution >= 0.6 is 0 Å². The molecule has 148 valence electrons. The second-order valence-electron chi connectivity index (χ2n) is 7.04. The van der Waals surface area contributed by atoms with Gasteiger partial charge in [0, 0.05) is 17.8 Å². The van der Waals surface area contributed by atoms with Crippen LogP contribution in [0.2, 0.25) is 0 Å². The fourth-order valence-corrected chi connectivity index (χ4v) is 4.57. The summed E-state index contributed by atoms with van der Waals surface area (Å²) in [4.78, 5) is 14.8. The van der Waals surface area contributed by atoms with Crippen LogP contribution in [0.3, 0.4) is 0 Å². The minimum absolute atomic E-state index is 0.0217. The number of sulfonamides is 1. The van der Waals surface area contributed by atoms with Gasteiger partial charge in [-0.1, -0.05) is 18.2 Å². The van der Waals surface area contributed by atoms with Crippen molar-refractivity contribution in [2.24, 2.45) is 0 Å². The van der Waals surface area contributed by atoms with E-state index in [1.54, 1.807) is 23.1 Å². The maximum atomic E-state index is 13.1. The van der Waals surface area contributed by atoms with Gasteiger partial charge < -0.3 is 14.4 Å². The largest absolute Gasteiger partial charge is 0.486 e. The first-order chi connectivity index (χ1) is 13.3. The summed E-state index contributed by atoms with van der Waals surface area (Å²) >= 11 is 0. The van der Waals surface area contributed by atoms with E-state index in [-0.39, 0.29) is 18.5 Å². The first-order valence-corrected chi connectivity index (χ1v) is 11.0. The maximum Gasteiger partial charge on any atom is 0.248 e. The van der Waals surface area contributed by atoms with E-state index in [2.05, 4.69) is 0 Å². The molecule has 7 nitrogen and oxygen atoms in total. The highest BCUT2D eigenvalue weighted by Crippen LogP contribution is 2.36. The van der Waals surface area contributed by atoms with E-state index in [9.17, 15) is 13.2 Å². The molecule has 0 bridgehead atoms. The Bertz CT molecular complexity index is 1020. The summed E-state index contributed by atoms with van der Waals surface area (Å²) in [6.45, 7) is 2.53. The van der Waals surface area contributed by atoms with Gasteiger partial charge in [-0.05, 0) is 37.1 Å². The molecule has 0 aromatic heterocycles. The summed E-state index contributed by atoms with van der Waals surface area (Å²) in [5.41, 5.74) is 2.31. The van der Waals surface area contributed by atoms with Crippen molar-refractivity contribution in [1.29, 1.82) is 0 Å². The molecule has 0 radical (unpaired) electrons. The Labute approximate surface area is 164 Å². The number of para-hydroxylation sites is 1. The van der Waals surface area contributed by atoms with Crippen molar-refractivity contribution < 1.29 is 22.7 Å². The van der Waals surface area contributed by atoms with E-state index in [0.717, 1.165) is 28.2 Å². The van der Waals surface area contributed by atoms with Crippen molar-refractivity contribution in [2.75, 3.05) is 35.2 Å². The normalized spacial score (nSPS) is 17.9. The molecular weight excluding hydrogens is 380 g/mol. The molecule has 2 aliphatic rings. The molecule has 0 fully saturated rings. The molecular formula is C20H22N2O5S. The molecule has 28 heavy (non-hydrogen) atoms. The van der Waals surface area contributed by atoms with Gasteiger partial charge in [-0.15, -0.1) is 0 Å². The molecule has 2 heterocycles. The maximum absolute atomic E-state index is 13.1. The standard InChI is InChI=1S/C20H22N2O5S/c1-14-11-15-5-3-4-6-17(15)22(14)20(23)13-21(28(2,24)25)16-7-8-18-19(12-16)27-10-9-26-18/h3-8,12,14H,9-11,13H2,1-2H3/t14-/m0/s1. The smallest absolute Gasteiger partial charge is 0.248 e. The number of fused-ring (bicyclic) bond motifs is 2. The van der Waals surface area contributed by atoms with Crippen LogP contribution in [0, 0.1) is 0 Å². The molecule has 1 atom stereocenters. The Balaban J connectivity index is 1.64. The third-order valence-corrected chi connectivity index (χ3v) is 6.11. The minimum Gasteiger partial charge on any atom is -0.486 e. The van der Waals surface area contributed by atoms with Gasteiger partial charge in [0.25, 0.3) is 0 Å². The molecule has 2 aromatic rings. The van der Waals surface area contributed by atoms with Crippen LogP contribution in [0.5, 0.6) is 11.5 Å². The molecule has 1 amide bonds. The molecule has 4 rings (SSSR count). The Kier molecular flexibility index (Phi) is 4.66. The summed E-state index contributed by atoms with van der Waals surface area (Å²) < 4.78 is 37.1. The predicted molar refractivity (Wildman–Crippen MR) is 107 cm³/mol. The highest BCUT2D eigenvalue weighted by Gasteiger charge is 2.33. The van der Waals surface area contributed by atoms with Crippen LogP contribution in [-0.2, 0) is 21.2 Å². The van der Waals surface area contributed by atoms with Gasteiger partial charge in [0.2, 0.25) is 15.9 Å². The number of nitrogens with zero attached hydrogens (tertiary/aromatic N) is 2. The molecule has 0 unspecified atom stereocenters. The van der Waals surface area contributed by atoms with Crippen molar-refractivity contribution >= 4 is 27.3 Å². The Morgan fingerprint density at radius 1 is 1.14 bits per heavy atom. The molecule has 0 spiro atoms. The van der Waals surface area contributed by atoms with E-state index in [1.165, 1.54) is 0 Å².